The van der Waals surface area contributed by atoms with Gasteiger partial charge in [0.15, 0.2) is 6.04 Å². The standard InChI is InChI=1S/C21H31NO5/c1-14(2)9-10-17-12-26-13-19(22-21(24)25)20(23)27-15(3)18(17)11-16-7-5-4-6-8-16/h4-8,14-15,17-19,22H,9-13H2,1-3H3,(H,24,25)/t15-,17-,18-,19-/m0/s1. The van der Waals surface area contributed by atoms with Crippen molar-refractivity contribution in [3.05, 3.63) is 35.9 Å². The molecule has 1 aromatic carbocycles. The van der Waals surface area contributed by atoms with E-state index < -0.39 is 18.1 Å². The van der Waals surface area contributed by atoms with Crippen LogP contribution in [0.4, 0.5) is 4.79 Å². The molecule has 0 aromatic heterocycles. The van der Waals surface area contributed by atoms with Gasteiger partial charge in [0.25, 0.3) is 0 Å². The van der Waals surface area contributed by atoms with Crippen LogP contribution in [0.2, 0.25) is 0 Å². The average molecular weight is 377 g/mol. The Hall–Kier alpha value is -2.08. The Morgan fingerprint density at radius 3 is 2.59 bits per heavy atom. The van der Waals surface area contributed by atoms with E-state index in [1.807, 2.05) is 25.1 Å². The third kappa shape index (κ3) is 6.86. The first-order chi connectivity index (χ1) is 12.9. The third-order valence-corrected chi connectivity index (χ3v) is 5.14. The van der Waals surface area contributed by atoms with Crippen LogP contribution < -0.4 is 5.32 Å². The van der Waals surface area contributed by atoms with Crippen molar-refractivity contribution in [3.8, 4) is 0 Å². The molecule has 1 saturated heterocycles. The molecule has 0 unspecified atom stereocenters. The summed E-state index contributed by atoms with van der Waals surface area (Å²) in [5, 5.41) is 11.1. The molecule has 0 spiro atoms. The van der Waals surface area contributed by atoms with Crippen molar-refractivity contribution < 1.29 is 24.2 Å². The number of amides is 1. The van der Waals surface area contributed by atoms with Crippen molar-refractivity contribution in [1.29, 1.82) is 0 Å². The van der Waals surface area contributed by atoms with Crippen LogP contribution in [0, 0.1) is 17.8 Å². The molecule has 1 aromatic rings. The first kappa shape index (κ1) is 21.2. The molecule has 0 bridgehead atoms. The molecule has 6 nitrogen and oxygen atoms in total. The summed E-state index contributed by atoms with van der Waals surface area (Å²) in [5.74, 6) is 0.347. The summed E-state index contributed by atoms with van der Waals surface area (Å²) in [5.41, 5.74) is 1.19. The van der Waals surface area contributed by atoms with Gasteiger partial charge >= 0.3 is 12.1 Å². The van der Waals surface area contributed by atoms with Crippen molar-refractivity contribution in [2.45, 2.75) is 52.2 Å². The topological polar surface area (TPSA) is 84.9 Å². The number of nitrogens with one attached hydrogen (secondary N) is 1. The summed E-state index contributed by atoms with van der Waals surface area (Å²) in [6.45, 7) is 6.77. The highest BCUT2D eigenvalue weighted by Crippen LogP contribution is 2.30. The Morgan fingerprint density at radius 2 is 1.96 bits per heavy atom. The molecule has 0 radical (unpaired) electrons. The molecule has 0 saturated carbocycles. The predicted molar refractivity (Wildman–Crippen MR) is 103 cm³/mol. The van der Waals surface area contributed by atoms with Gasteiger partial charge < -0.3 is 19.9 Å². The highest BCUT2D eigenvalue weighted by atomic mass is 16.6. The van der Waals surface area contributed by atoms with Gasteiger partial charge in [-0.15, -0.1) is 0 Å². The number of hydrogen-bond donors (Lipinski definition) is 2. The minimum Gasteiger partial charge on any atom is -0.465 e. The van der Waals surface area contributed by atoms with Crippen molar-refractivity contribution in [1.82, 2.24) is 5.32 Å². The second kappa shape index (κ2) is 10.3. The number of carboxylic acid groups (broad SMARTS) is 1. The molecule has 2 N–H and O–H groups in total. The van der Waals surface area contributed by atoms with Crippen molar-refractivity contribution in [3.63, 3.8) is 0 Å². The lowest BCUT2D eigenvalue weighted by atomic mass is 9.80. The fraction of sp³-hybridized carbons (Fsp3) is 0.619. The van der Waals surface area contributed by atoms with Crippen LogP contribution in [0.5, 0.6) is 0 Å². The van der Waals surface area contributed by atoms with Crippen LogP contribution in [0.1, 0.15) is 39.2 Å². The molecule has 27 heavy (non-hydrogen) atoms. The van der Waals surface area contributed by atoms with Crippen LogP contribution in [0.3, 0.4) is 0 Å². The van der Waals surface area contributed by atoms with E-state index in [0.717, 1.165) is 19.3 Å². The monoisotopic (exact) mass is 377 g/mol. The minimum atomic E-state index is -1.26. The summed E-state index contributed by atoms with van der Waals surface area (Å²) in [4.78, 5) is 23.4. The number of ether oxygens (including phenoxy) is 2. The summed E-state index contributed by atoms with van der Waals surface area (Å²) >= 11 is 0. The Balaban J connectivity index is 2.20. The lowest BCUT2D eigenvalue weighted by Crippen LogP contribution is -2.45. The predicted octanol–water partition coefficient (Wildman–Crippen LogP) is 3.50. The fourth-order valence-electron chi connectivity index (χ4n) is 3.58. The average Bonchev–Trinajstić information content (AvgIpc) is 2.66. The van der Waals surface area contributed by atoms with Crippen molar-refractivity contribution in [2.24, 2.45) is 17.8 Å². The van der Waals surface area contributed by atoms with Crippen LogP contribution in [-0.2, 0) is 20.7 Å². The summed E-state index contributed by atoms with van der Waals surface area (Å²) in [6, 6.07) is 9.16. The lowest BCUT2D eigenvalue weighted by molar-refractivity contribution is -0.154. The zero-order valence-corrected chi connectivity index (χ0v) is 16.4. The van der Waals surface area contributed by atoms with Gasteiger partial charge in [-0.25, -0.2) is 9.59 Å². The van der Waals surface area contributed by atoms with E-state index in [1.54, 1.807) is 0 Å². The quantitative estimate of drug-likeness (QED) is 0.741. The van der Waals surface area contributed by atoms with E-state index in [1.165, 1.54) is 5.56 Å². The van der Waals surface area contributed by atoms with Gasteiger partial charge in [-0.3, -0.25) is 0 Å². The highest BCUT2D eigenvalue weighted by Gasteiger charge is 2.34. The van der Waals surface area contributed by atoms with Crippen LogP contribution >= 0.6 is 0 Å². The van der Waals surface area contributed by atoms with Gasteiger partial charge in [-0.1, -0.05) is 50.6 Å². The normalized spacial score (nSPS) is 26.6. The summed E-state index contributed by atoms with van der Waals surface area (Å²) in [7, 11) is 0. The van der Waals surface area contributed by atoms with Gasteiger partial charge in [-0.2, -0.15) is 0 Å². The van der Waals surface area contributed by atoms with Crippen LogP contribution in [-0.4, -0.2) is 42.5 Å². The zero-order chi connectivity index (χ0) is 19.8. The van der Waals surface area contributed by atoms with E-state index in [4.69, 9.17) is 14.6 Å². The number of carbonyl (C=O) groups excluding carboxylic acids is 1. The van der Waals surface area contributed by atoms with Crippen molar-refractivity contribution in [2.75, 3.05) is 13.2 Å². The van der Waals surface area contributed by atoms with E-state index >= 15 is 0 Å². The van der Waals surface area contributed by atoms with Gasteiger partial charge in [-0.05, 0) is 37.2 Å². The maximum absolute atomic E-state index is 12.4. The van der Waals surface area contributed by atoms with Crippen molar-refractivity contribution >= 4 is 12.1 Å². The Labute approximate surface area is 161 Å². The number of esters is 1. The van der Waals surface area contributed by atoms with Crippen LogP contribution in [0.15, 0.2) is 30.3 Å². The van der Waals surface area contributed by atoms with Crippen LogP contribution in [0.25, 0.3) is 0 Å². The number of hydrogen-bond acceptors (Lipinski definition) is 4. The SMILES string of the molecule is CC(C)CC[C@H]1COC[C@H](NC(=O)O)C(=O)O[C@@H](C)[C@@H]1Cc1ccccc1. The highest BCUT2D eigenvalue weighted by molar-refractivity contribution is 5.81. The van der Waals surface area contributed by atoms with Gasteiger partial charge in [0, 0.05) is 12.5 Å². The minimum absolute atomic E-state index is 0.00586. The number of rotatable bonds is 6. The molecule has 2 rings (SSSR count). The molecule has 4 atom stereocenters. The maximum atomic E-state index is 12.4. The molecule has 6 heteroatoms. The molecular weight excluding hydrogens is 346 g/mol. The molecule has 1 amide bonds. The molecule has 1 fully saturated rings. The number of benzene rings is 1. The number of carbonyl (C=O) groups is 2. The lowest BCUT2D eigenvalue weighted by Gasteiger charge is -2.31. The smallest absolute Gasteiger partial charge is 0.405 e. The fourth-order valence-corrected chi connectivity index (χ4v) is 3.58. The molecule has 1 aliphatic heterocycles. The van der Waals surface area contributed by atoms with Gasteiger partial charge in [0.05, 0.1) is 6.61 Å². The first-order valence-electron chi connectivity index (χ1n) is 9.68. The Morgan fingerprint density at radius 1 is 1.26 bits per heavy atom. The second-order valence-electron chi connectivity index (χ2n) is 7.77. The first-order valence-corrected chi connectivity index (χ1v) is 9.68. The zero-order valence-electron chi connectivity index (χ0n) is 16.4. The Kier molecular flexibility index (Phi) is 8.10. The molecule has 1 heterocycles. The molecular formula is C21H31NO5. The molecule has 0 aliphatic carbocycles. The summed E-state index contributed by atoms with van der Waals surface area (Å²) in [6.07, 6.45) is 1.25. The van der Waals surface area contributed by atoms with E-state index in [2.05, 4.69) is 31.3 Å². The number of cyclic esters (lactones) is 1. The Bertz CT molecular complexity index is 604. The van der Waals surface area contributed by atoms with E-state index in [-0.39, 0.29) is 24.5 Å². The second-order valence-corrected chi connectivity index (χ2v) is 7.77. The summed E-state index contributed by atoms with van der Waals surface area (Å²) < 4.78 is 11.4. The van der Waals surface area contributed by atoms with Gasteiger partial charge in [0.2, 0.25) is 0 Å². The van der Waals surface area contributed by atoms with E-state index in [0.29, 0.717) is 12.5 Å². The molecule has 150 valence electrons. The third-order valence-electron chi connectivity index (χ3n) is 5.14. The largest absolute Gasteiger partial charge is 0.465 e. The van der Waals surface area contributed by atoms with E-state index in [9.17, 15) is 9.59 Å². The molecule has 1 aliphatic rings. The maximum Gasteiger partial charge on any atom is 0.405 e. The van der Waals surface area contributed by atoms with Gasteiger partial charge in [0.1, 0.15) is 6.10 Å².